The van der Waals surface area contributed by atoms with Crippen molar-refractivity contribution in [2.75, 3.05) is 32.8 Å². The number of likely N-dealkylation sites (tertiary alicyclic amines) is 2. The molecule has 8 nitrogen and oxygen atoms in total. The van der Waals surface area contributed by atoms with E-state index >= 15 is 0 Å². The van der Waals surface area contributed by atoms with Gasteiger partial charge in [0.2, 0.25) is 5.91 Å². The molecule has 4 aliphatic rings. The van der Waals surface area contributed by atoms with Gasteiger partial charge in [0.05, 0.1) is 12.1 Å². The van der Waals surface area contributed by atoms with Crippen LogP contribution in [0, 0.1) is 18.3 Å². The number of aryl methyl sites for hydroxylation is 1. The van der Waals surface area contributed by atoms with E-state index in [1.807, 2.05) is 4.90 Å². The predicted molar refractivity (Wildman–Crippen MR) is 102 cm³/mol. The molecule has 1 spiro atoms. The van der Waals surface area contributed by atoms with E-state index in [4.69, 9.17) is 4.74 Å². The number of rotatable bonds is 2. The quantitative estimate of drug-likeness (QED) is 0.757. The van der Waals surface area contributed by atoms with Gasteiger partial charge in [0.1, 0.15) is 6.61 Å². The lowest BCUT2D eigenvalue weighted by molar-refractivity contribution is -0.142. The summed E-state index contributed by atoms with van der Waals surface area (Å²) in [5.74, 6) is 0.135. The number of amides is 3. The molecule has 4 fully saturated rings. The Morgan fingerprint density at radius 3 is 2.74 bits per heavy atom. The fourth-order valence-corrected chi connectivity index (χ4v) is 5.60. The molecule has 3 amide bonds. The number of alkyl halides is 3. The van der Waals surface area contributed by atoms with Crippen LogP contribution in [0.3, 0.4) is 0 Å². The van der Waals surface area contributed by atoms with Crippen molar-refractivity contribution in [3.63, 3.8) is 0 Å². The molecule has 0 aromatic carbocycles. The molecular formula is C20H26F3N5O3. The maximum absolute atomic E-state index is 12.9. The van der Waals surface area contributed by atoms with Crippen molar-refractivity contribution in [2.24, 2.45) is 11.3 Å². The Morgan fingerprint density at radius 1 is 1.32 bits per heavy atom. The van der Waals surface area contributed by atoms with E-state index in [1.54, 1.807) is 11.8 Å². The molecule has 1 N–H and O–H groups in total. The van der Waals surface area contributed by atoms with Gasteiger partial charge in [0.15, 0.2) is 5.69 Å². The molecule has 4 heterocycles. The summed E-state index contributed by atoms with van der Waals surface area (Å²) in [7, 11) is 0. The summed E-state index contributed by atoms with van der Waals surface area (Å²) in [6.07, 6.45) is -1.95. The fourth-order valence-electron chi connectivity index (χ4n) is 5.60. The monoisotopic (exact) mass is 441 g/mol. The largest absolute Gasteiger partial charge is 0.435 e. The lowest BCUT2D eigenvalue weighted by Gasteiger charge is -2.60. The first kappa shape index (κ1) is 20.6. The molecule has 2 atom stereocenters. The molecule has 3 saturated heterocycles. The highest BCUT2D eigenvalue weighted by atomic mass is 19.4. The van der Waals surface area contributed by atoms with Gasteiger partial charge in [-0.25, -0.2) is 4.79 Å². The van der Waals surface area contributed by atoms with Crippen molar-refractivity contribution in [1.82, 2.24) is 24.9 Å². The zero-order valence-corrected chi connectivity index (χ0v) is 17.3. The van der Waals surface area contributed by atoms with Crippen molar-refractivity contribution >= 4 is 11.9 Å². The van der Waals surface area contributed by atoms with Crippen molar-refractivity contribution < 1.29 is 27.5 Å². The molecule has 5 rings (SSSR count). The van der Waals surface area contributed by atoms with Gasteiger partial charge in [-0.15, -0.1) is 0 Å². The number of fused-ring (bicyclic) bond motifs is 1. The molecule has 11 heteroatoms. The Morgan fingerprint density at radius 2 is 2.06 bits per heavy atom. The van der Waals surface area contributed by atoms with E-state index in [1.165, 1.54) is 4.68 Å². The fraction of sp³-hybridized carbons (Fsp3) is 0.750. The van der Waals surface area contributed by atoms with Crippen LogP contribution in [0.4, 0.5) is 18.0 Å². The summed E-state index contributed by atoms with van der Waals surface area (Å²) in [4.78, 5) is 28.0. The molecular weight excluding hydrogens is 415 g/mol. The van der Waals surface area contributed by atoms with Gasteiger partial charge in [0.25, 0.3) is 0 Å². The number of piperidine rings is 1. The van der Waals surface area contributed by atoms with Gasteiger partial charge < -0.3 is 19.9 Å². The van der Waals surface area contributed by atoms with Gasteiger partial charge in [0, 0.05) is 43.8 Å². The number of nitrogens with one attached hydrogen (secondary N) is 1. The van der Waals surface area contributed by atoms with Crippen LogP contribution in [0.15, 0.2) is 6.07 Å². The third-order valence-corrected chi connectivity index (χ3v) is 7.06. The van der Waals surface area contributed by atoms with Crippen LogP contribution >= 0.6 is 0 Å². The van der Waals surface area contributed by atoms with Crippen LogP contribution in [-0.2, 0) is 22.3 Å². The van der Waals surface area contributed by atoms with E-state index in [2.05, 4.69) is 10.4 Å². The molecule has 1 aliphatic carbocycles. The summed E-state index contributed by atoms with van der Waals surface area (Å²) in [6.45, 7) is 4.64. The Labute approximate surface area is 177 Å². The van der Waals surface area contributed by atoms with Gasteiger partial charge >= 0.3 is 12.2 Å². The van der Waals surface area contributed by atoms with E-state index < -0.39 is 11.9 Å². The number of nitrogens with zero attached hydrogens (tertiary/aromatic N) is 4. The van der Waals surface area contributed by atoms with E-state index in [0.717, 1.165) is 18.9 Å². The molecule has 31 heavy (non-hydrogen) atoms. The van der Waals surface area contributed by atoms with Crippen LogP contribution in [0.25, 0.3) is 0 Å². The predicted octanol–water partition coefficient (Wildman–Crippen LogP) is 1.63. The summed E-state index contributed by atoms with van der Waals surface area (Å²) in [6, 6.07) is 0.924. The van der Waals surface area contributed by atoms with Crippen molar-refractivity contribution in [3.05, 3.63) is 17.5 Å². The van der Waals surface area contributed by atoms with E-state index in [9.17, 15) is 22.8 Å². The number of urea groups is 1. The van der Waals surface area contributed by atoms with Gasteiger partial charge in [-0.05, 0) is 38.2 Å². The SMILES string of the molecule is Cc1cc(C(F)(F)F)nn1CC1CC2(C1)CN(C(=O)N1CC[C@@H]3OCC(=O)N[C@@H]3C1)C2. The van der Waals surface area contributed by atoms with Crippen molar-refractivity contribution in [1.29, 1.82) is 0 Å². The molecule has 0 radical (unpaired) electrons. The van der Waals surface area contributed by atoms with Crippen LogP contribution in [0.1, 0.15) is 30.7 Å². The first-order valence-corrected chi connectivity index (χ1v) is 10.7. The maximum atomic E-state index is 12.9. The Kier molecular flexibility index (Phi) is 4.72. The van der Waals surface area contributed by atoms with Gasteiger partial charge in [-0.3, -0.25) is 9.48 Å². The number of carbonyl (C=O) groups excluding carboxylic acids is 2. The first-order chi connectivity index (χ1) is 14.6. The number of hydrogen-bond acceptors (Lipinski definition) is 4. The number of hydrogen-bond donors (Lipinski definition) is 1. The average Bonchev–Trinajstić information content (AvgIpc) is 3.02. The molecule has 1 aromatic rings. The van der Waals surface area contributed by atoms with Gasteiger partial charge in [-0.2, -0.15) is 18.3 Å². The van der Waals surface area contributed by atoms with E-state index in [-0.39, 0.29) is 42.0 Å². The lowest BCUT2D eigenvalue weighted by atomic mass is 9.58. The summed E-state index contributed by atoms with van der Waals surface area (Å²) < 4.78 is 45.5. The second-order valence-electron chi connectivity index (χ2n) is 9.52. The normalized spacial score (nSPS) is 28.1. The number of ether oxygens (including phenoxy) is 1. The maximum Gasteiger partial charge on any atom is 0.435 e. The Bertz CT molecular complexity index is 887. The van der Waals surface area contributed by atoms with Gasteiger partial charge in [-0.1, -0.05) is 0 Å². The number of aromatic nitrogens is 2. The molecule has 3 aliphatic heterocycles. The van der Waals surface area contributed by atoms with Crippen LogP contribution in [0.2, 0.25) is 0 Å². The number of carbonyl (C=O) groups is 2. The summed E-state index contributed by atoms with van der Waals surface area (Å²) >= 11 is 0. The molecule has 1 saturated carbocycles. The first-order valence-electron chi connectivity index (χ1n) is 10.7. The Balaban J connectivity index is 1.10. The van der Waals surface area contributed by atoms with Crippen LogP contribution < -0.4 is 5.32 Å². The minimum absolute atomic E-state index is 0.00918. The van der Waals surface area contributed by atoms with Crippen LogP contribution in [0.5, 0.6) is 0 Å². The summed E-state index contributed by atoms with van der Waals surface area (Å²) in [5.41, 5.74) is -0.238. The highest BCUT2D eigenvalue weighted by Gasteiger charge is 2.54. The second kappa shape index (κ2) is 7.11. The third kappa shape index (κ3) is 3.77. The van der Waals surface area contributed by atoms with Crippen molar-refractivity contribution in [3.8, 4) is 0 Å². The topological polar surface area (TPSA) is 79.7 Å². The third-order valence-electron chi connectivity index (χ3n) is 7.06. The molecule has 0 unspecified atom stereocenters. The molecule has 0 bridgehead atoms. The minimum atomic E-state index is -4.42. The zero-order valence-electron chi connectivity index (χ0n) is 17.3. The molecule has 170 valence electrons. The minimum Gasteiger partial charge on any atom is -0.366 e. The smallest absolute Gasteiger partial charge is 0.366 e. The van der Waals surface area contributed by atoms with Crippen molar-refractivity contribution in [2.45, 2.75) is 51.1 Å². The highest BCUT2D eigenvalue weighted by molar-refractivity contribution is 5.79. The standard InChI is InChI=1S/C20H26F3N5O3/c1-12-4-16(20(21,22)23)25-28(12)7-13-5-19(6-13)10-27(11-19)18(30)26-3-2-15-14(8-26)24-17(29)9-31-15/h4,13-15H,2-3,5-11H2,1H3,(H,24,29)/t14-,15+/m1/s1. The average molecular weight is 441 g/mol. The Hall–Kier alpha value is -2.30. The van der Waals surface area contributed by atoms with Crippen LogP contribution in [-0.4, -0.2) is 76.5 Å². The lowest BCUT2D eigenvalue weighted by Crippen LogP contribution is -2.68. The molecule has 1 aromatic heterocycles. The second-order valence-corrected chi connectivity index (χ2v) is 9.52. The highest BCUT2D eigenvalue weighted by Crippen LogP contribution is 2.52. The summed E-state index contributed by atoms with van der Waals surface area (Å²) in [5, 5.41) is 6.62. The number of morpholine rings is 1. The zero-order chi connectivity index (χ0) is 22.0. The number of halogens is 3. The van der Waals surface area contributed by atoms with E-state index in [0.29, 0.717) is 44.8 Å².